The van der Waals surface area contributed by atoms with E-state index in [0.29, 0.717) is 6.61 Å². The lowest BCUT2D eigenvalue weighted by molar-refractivity contribution is -0.148. The van der Waals surface area contributed by atoms with Gasteiger partial charge >= 0.3 is 5.97 Å². The number of pyridine rings is 1. The summed E-state index contributed by atoms with van der Waals surface area (Å²) < 4.78 is 18.1. The fourth-order valence-corrected chi connectivity index (χ4v) is 2.45. The van der Waals surface area contributed by atoms with Crippen molar-refractivity contribution in [3.8, 4) is 0 Å². The van der Waals surface area contributed by atoms with E-state index in [2.05, 4.69) is 9.88 Å². The second-order valence-electron chi connectivity index (χ2n) is 4.81. The summed E-state index contributed by atoms with van der Waals surface area (Å²) in [6, 6.07) is 1.49. The molecule has 1 aromatic heterocycles. The van der Waals surface area contributed by atoms with Crippen molar-refractivity contribution < 1.29 is 13.9 Å². The van der Waals surface area contributed by atoms with E-state index in [4.69, 9.17) is 4.74 Å². The summed E-state index contributed by atoms with van der Waals surface area (Å²) in [5.74, 6) is 0.370. The van der Waals surface area contributed by atoms with Crippen molar-refractivity contribution in [1.29, 1.82) is 0 Å². The van der Waals surface area contributed by atoms with Gasteiger partial charge in [0.25, 0.3) is 0 Å². The first kappa shape index (κ1) is 13.8. The molecular formula is C14H19FN2O2. The maximum Gasteiger partial charge on any atom is 0.309 e. The van der Waals surface area contributed by atoms with Gasteiger partial charge in [0.15, 0.2) is 0 Å². The third-order valence-electron chi connectivity index (χ3n) is 3.43. The number of halogens is 1. The molecule has 19 heavy (non-hydrogen) atoms. The van der Waals surface area contributed by atoms with Gasteiger partial charge in [0, 0.05) is 13.1 Å². The van der Waals surface area contributed by atoms with E-state index in [1.165, 1.54) is 12.3 Å². The Morgan fingerprint density at radius 3 is 2.79 bits per heavy atom. The maximum atomic E-state index is 13.0. The molecular weight excluding hydrogens is 247 g/mol. The molecule has 1 saturated heterocycles. The number of aryl methyl sites for hydroxylation is 1. The molecule has 0 bridgehead atoms. The monoisotopic (exact) mass is 266 g/mol. The lowest BCUT2D eigenvalue weighted by Crippen LogP contribution is -2.37. The molecule has 1 aliphatic heterocycles. The molecule has 0 unspecified atom stereocenters. The van der Waals surface area contributed by atoms with Crippen molar-refractivity contribution in [3.05, 3.63) is 23.6 Å². The van der Waals surface area contributed by atoms with E-state index in [1.807, 2.05) is 13.8 Å². The summed E-state index contributed by atoms with van der Waals surface area (Å²) in [5.41, 5.74) is 0.828. The summed E-state index contributed by atoms with van der Waals surface area (Å²) in [4.78, 5) is 17.9. The zero-order valence-corrected chi connectivity index (χ0v) is 11.4. The number of aromatic nitrogens is 1. The highest BCUT2D eigenvalue weighted by molar-refractivity contribution is 5.72. The van der Waals surface area contributed by atoms with E-state index in [9.17, 15) is 9.18 Å². The number of nitrogens with zero attached hydrogens (tertiary/aromatic N) is 2. The molecule has 0 aliphatic carbocycles. The Labute approximate surface area is 112 Å². The molecule has 0 aromatic carbocycles. The van der Waals surface area contributed by atoms with E-state index >= 15 is 0 Å². The maximum absolute atomic E-state index is 13.0. The number of hydrogen-bond acceptors (Lipinski definition) is 4. The molecule has 2 rings (SSSR count). The van der Waals surface area contributed by atoms with E-state index < -0.39 is 0 Å². The third kappa shape index (κ3) is 3.22. The Balaban J connectivity index is 1.98. The first-order chi connectivity index (χ1) is 9.11. The van der Waals surface area contributed by atoms with Crippen LogP contribution in [0.3, 0.4) is 0 Å². The highest BCUT2D eigenvalue weighted by Crippen LogP contribution is 2.25. The van der Waals surface area contributed by atoms with Crippen LogP contribution in [0.2, 0.25) is 0 Å². The van der Waals surface area contributed by atoms with Crippen molar-refractivity contribution in [3.63, 3.8) is 0 Å². The second kappa shape index (κ2) is 5.99. The fourth-order valence-electron chi connectivity index (χ4n) is 2.45. The largest absolute Gasteiger partial charge is 0.466 e. The van der Waals surface area contributed by atoms with Gasteiger partial charge in [-0.2, -0.15) is 0 Å². The van der Waals surface area contributed by atoms with E-state index in [1.54, 1.807) is 0 Å². The Hall–Kier alpha value is -1.65. The van der Waals surface area contributed by atoms with Crippen LogP contribution >= 0.6 is 0 Å². The number of hydrogen-bond donors (Lipinski definition) is 0. The van der Waals surface area contributed by atoms with Crippen molar-refractivity contribution in [2.75, 3.05) is 24.6 Å². The fraction of sp³-hybridized carbons (Fsp3) is 0.571. The predicted octanol–water partition coefficient (Wildman–Crippen LogP) is 2.31. The SMILES string of the molecule is CCOC(=O)C1CCN(c2ncc(F)cc2C)CC1. The van der Waals surface area contributed by atoms with Gasteiger partial charge in [0.2, 0.25) is 0 Å². The molecule has 0 amide bonds. The number of rotatable bonds is 3. The number of carbonyl (C=O) groups is 1. The number of ether oxygens (including phenoxy) is 1. The Morgan fingerprint density at radius 1 is 1.53 bits per heavy atom. The highest BCUT2D eigenvalue weighted by atomic mass is 19.1. The highest BCUT2D eigenvalue weighted by Gasteiger charge is 2.27. The minimum Gasteiger partial charge on any atom is -0.466 e. The van der Waals surface area contributed by atoms with E-state index in [-0.39, 0.29) is 17.7 Å². The lowest BCUT2D eigenvalue weighted by Gasteiger charge is -2.32. The molecule has 0 spiro atoms. The first-order valence-electron chi connectivity index (χ1n) is 6.65. The van der Waals surface area contributed by atoms with Gasteiger partial charge in [-0.3, -0.25) is 4.79 Å². The van der Waals surface area contributed by atoms with Crippen LogP contribution < -0.4 is 4.90 Å². The second-order valence-corrected chi connectivity index (χ2v) is 4.81. The van der Waals surface area contributed by atoms with Gasteiger partial charge in [-0.25, -0.2) is 9.37 Å². The quantitative estimate of drug-likeness (QED) is 0.787. The summed E-state index contributed by atoms with van der Waals surface area (Å²) in [6.45, 7) is 5.60. The topological polar surface area (TPSA) is 42.4 Å². The van der Waals surface area contributed by atoms with E-state index in [0.717, 1.165) is 37.3 Å². The van der Waals surface area contributed by atoms with Gasteiger partial charge in [-0.05, 0) is 38.3 Å². The molecule has 4 nitrogen and oxygen atoms in total. The van der Waals surface area contributed by atoms with Gasteiger partial charge in [0.05, 0.1) is 18.7 Å². The molecule has 0 N–H and O–H groups in total. The third-order valence-corrected chi connectivity index (χ3v) is 3.43. The molecule has 2 heterocycles. The molecule has 1 aromatic rings. The molecule has 0 atom stereocenters. The van der Waals surface area contributed by atoms with Gasteiger partial charge in [-0.15, -0.1) is 0 Å². The minimum absolute atomic E-state index is 0.0167. The Bertz CT molecular complexity index is 457. The standard InChI is InChI=1S/C14H19FN2O2/c1-3-19-14(18)11-4-6-17(7-5-11)13-10(2)8-12(15)9-16-13/h8-9,11H,3-7H2,1-2H3. The van der Waals surface area contributed by atoms with Crippen molar-refractivity contribution in [2.24, 2.45) is 5.92 Å². The van der Waals surface area contributed by atoms with Crippen LogP contribution in [0.4, 0.5) is 10.2 Å². The number of piperidine rings is 1. The van der Waals surface area contributed by atoms with Crippen LogP contribution in [0.25, 0.3) is 0 Å². The Kier molecular flexibility index (Phi) is 4.35. The number of carbonyl (C=O) groups excluding carboxylic acids is 1. The van der Waals surface area contributed by atoms with Gasteiger partial charge in [0.1, 0.15) is 11.6 Å². The molecule has 5 heteroatoms. The molecule has 1 aliphatic rings. The lowest BCUT2D eigenvalue weighted by atomic mass is 9.97. The van der Waals surface area contributed by atoms with Crippen molar-refractivity contribution in [1.82, 2.24) is 4.98 Å². The average Bonchev–Trinajstić information content (AvgIpc) is 2.39. The van der Waals surface area contributed by atoms with Gasteiger partial charge in [-0.1, -0.05) is 0 Å². The molecule has 1 fully saturated rings. The summed E-state index contributed by atoms with van der Waals surface area (Å²) in [6.07, 6.45) is 2.76. The number of esters is 1. The van der Waals surface area contributed by atoms with Crippen molar-refractivity contribution in [2.45, 2.75) is 26.7 Å². The van der Waals surface area contributed by atoms with Crippen LogP contribution in [0.15, 0.2) is 12.3 Å². The van der Waals surface area contributed by atoms with Crippen molar-refractivity contribution >= 4 is 11.8 Å². The summed E-state index contributed by atoms with van der Waals surface area (Å²) in [5, 5.41) is 0. The van der Waals surface area contributed by atoms with Crippen LogP contribution in [-0.4, -0.2) is 30.6 Å². The average molecular weight is 266 g/mol. The van der Waals surface area contributed by atoms with Crippen LogP contribution in [0, 0.1) is 18.7 Å². The van der Waals surface area contributed by atoms with Gasteiger partial charge < -0.3 is 9.64 Å². The summed E-state index contributed by atoms with van der Waals surface area (Å²) >= 11 is 0. The zero-order chi connectivity index (χ0) is 13.8. The number of anilines is 1. The van der Waals surface area contributed by atoms with Crippen LogP contribution in [-0.2, 0) is 9.53 Å². The molecule has 104 valence electrons. The van der Waals surface area contributed by atoms with Crippen LogP contribution in [0.5, 0.6) is 0 Å². The molecule has 0 radical (unpaired) electrons. The minimum atomic E-state index is -0.317. The van der Waals surface area contributed by atoms with Crippen LogP contribution in [0.1, 0.15) is 25.3 Å². The first-order valence-corrected chi connectivity index (χ1v) is 6.65. The predicted molar refractivity (Wildman–Crippen MR) is 70.5 cm³/mol. The zero-order valence-electron chi connectivity index (χ0n) is 11.4. The normalized spacial score (nSPS) is 16.5. The molecule has 0 saturated carbocycles. The Morgan fingerprint density at radius 2 is 2.21 bits per heavy atom. The smallest absolute Gasteiger partial charge is 0.309 e. The summed E-state index contributed by atoms with van der Waals surface area (Å²) in [7, 11) is 0.